The van der Waals surface area contributed by atoms with Crippen LogP contribution in [-0.4, -0.2) is 13.3 Å². The highest BCUT2D eigenvalue weighted by Gasteiger charge is 2.08. The highest BCUT2D eigenvalue weighted by atomic mass is 32.2. The molecule has 108 valence electrons. The molecule has 1 nitrogen and oxygen atoms in total. The molecule has 1 N–H and O–H groups in total. The molecule has 1 rings (SSSR count). The SMILES string of the molecule is CCCCCCCCC(NC)c1ccc(SC)cc1. The van der Waals surface area contributed by atoms with E-state index in [4.69, 9.17) is 0 Å². The van der Waals surface area contributed by atoms with Crippen molar-refractivity contribution >= 4 is 11.8 Å². The van der Waals surface area contributed by atoms with Crippen LogP contribution in [0.25, 0.3) is 0 Å². The van der Waals surface area contributed by atoms with Crippen LogP contribution in [0.15, 0.2) is 29.2 Å². The van der Waals surface area contributed by atoms with Crippen LogP contribution >= 0.6 is 11.8 Å². The third-order valence-electron chi connectivity index (χ3n) is 3.71. The van der Waals surface area contributed by atoms with Gasteiger partial charge in [-0.15, -0.1) is 11.8 Å². The van der Waals surface area contributed by atoms with Crippen molar-refractivity contribution in [2.75, 3.05) is 13.3 Å². The Morgan fingerprint density at radius 1 is 1.00 bits per heavy atom. The zero-order valence-corrected chi connectivity index (χ0v) is 13.6. The largest absolute Gasteiger partial charge is 0.313 e. The Balaban J connectivity index is 2.31. The van der Waals surface area contributed by atoms with Crippen LogP contribution in [-0.2, 0) is 0 Å². The van der Waals surface area contributed by atoms with E-state index in [0.29, 0.717) is 6.04 Å². The number of hydrogen-bond acceptors (Lipinski definition) is 2. The lowest BCUT2D eigenvalue weighted by Crippen LogP contribution is -2.16. The molecule has 0 aromatic heterocycles. The van der Waals surface area contributed by atoms with E-state index in [0.717, 1.165) is 0 Å². The van der Waals surface area contributed by atoms with Crippen molar-refractivity contribution < 1.29 is 0 Å². The number of nitrogens with one attached hydrogen (secondary N) is 1. The van der Waals surface area contributed by atoms with Crippen LogP contribution in [0.2, 0.25) is 0 Å². The lowest BCUT2D eigenvalue weighted by atomic mass is 10.00. The zero-order valence-electron chi connectivity index (χ0n) is 12.7. The molecule has 0 aliphatic rings. The first-order valence-corrected chi connectivity index (χ1v) is 8.85. The van der Waals surface area contributed by atoms with Gasteiger partial charge in [-0.2, -0.15) is 0 Å². The fraction of sp³-hybridized carbons (Fsp3) is 0.647. The molecule has 0 amide bonds. The van der Waals surface area contributed by atoms with Crippen LogP contribution in [0, 0.1) is 0 Å². The molecule has 1 unspecified atom stereocenters. The Morgan fingerprint density at radius 3 is 2.21 bits per heavy atom. The highest BCUT2D eigenvalue weighted by Crippen LogP contribution is 2.23. The van der Waals surface area contributed by atoms with Crippen molar-refractivity contribution in [2.45, 2.75) is 62.8 Å². The maximum Gasteiger partial charge on any atom is 0.0317 e. The van der Waals surface area contributed by atoms with Crippen molar-refractivity contribution in [3.8, 4) is 0 Å². The van der Waals surface area contributed by atoms with Gasteiger partial charge in [-0.3, -0.25) is 0 Å². The van der Waals surface area contributed by atoms with Gasteiger partial charge in [-0.25, -0.2) is 0 Å². The number of unbranched alkanes of at least 4 members (excludes halogenated alkanes) is 5. The van der Waals surface area contributed by atoms with E-state index in [1.807, 2.05) is 0 Å². The summed E-state index contributed by atoms with van der Waals surface area (Å²) in [6.45, 7) is 2.27. The molecule has 0 heterocycles. The summed E-state index contributed by atoms with van der Waals surface area (Å²) in [5, 5.41) is 3.45. The summed E-state index contributed by atoms with van der Waals surface area (Å²) >= 11 is 1.81. The minimum Gasteiger partial charge on any atom is -0.313 e. The van der Waals surface area contributed by atoms with Crippen LogP contribution in [0.4, 0.5) is 0 Å². The maximum absolute atomic E-state index is 3.45. The van der Waals surface area contributed by atoms with E-state index < -0.39 is 0 Å². The molecule has 0 spiro atoms. The van der Waals surface area contributed by atoms with E-state index in [-0.39, 0.29) is 0 Å². The molecule has 0 radical (unpaired) electrons. The minimum absolute atomic E-state index is 0.516. The summed E-state index contributed by atoms with van der Waals surface area (Å²) in [5.41, 5.74) is 1.42. The van der Waals surface area contributed by atoms with E-state index in [1.165, 1.54) is 55.4 Å². The Kier molecular flexibility index (Phi) is 9.02. The van der Waals surface area contributed by atoms with Gasteiger partial charge in [0, 0.05) is 10.9 Å². The molecule has 2 heteroatoms. The molecule has 0 bridgehead atoms. The minimum atomic E-state index is 0.516. The van der Waals surface area contributed by atoms with Crippen LogP contribution in [0.1, 0.15) is 63.5 Å². The molecule has 0 saturated carbocycles. The van der Waals surface area contributed by atoms with Crippen LogP contribution < -0.4 is 5.32 Å². The molecule has 1 aromatic rings. The van der Waals surface area contributed by atoms with Crippen molar-refractivity contribution in [3.63, 3.8) is 0 Å². The van der Waals surface area contributed by atoms with Gasteiger partial charge in [0.1, 0.15) is 0 Å². The van der Waals surface area contributed by atoms with E-state index >= 15 is 0 Å². The predicted molar refractivity (Wildman–Crippen MR) is 88.0 cm³/mol. The van der Waals surface area contributed by atoms with Gasteiger partial charge in [0.15, 0.2) is 0 Å². The third-order valence-corrected chi connectivity index (χ3v) is 4.46. The van der Waals surface area contributed by atoms with Crippen molar-refractivity contribution in [2.24, 2.45) is 0 Å². The molecule has 0 saturated heterocycles. The Labute approximate surface area is 123 Å². The first-order chi connectivity index (χ1) is 9.31. The zero-order chi connectivity index (χ0) is 13.9. The fourth-order valence-electron chi connectivity index (χ4n) is 2.44. The van der Waals surface area contributed by atoms with Gasteiger partial charge >= 0.3 is 0 Å². The second-order valence-electron chi connectivity index (χ2n) is 5.17. The summed E-state index contributed by atoms with van der Waals surface area (Å²) in [5.74, 6) is 0. The molecule has 1 aromatic carbocycles. The van der Waals surface area contributed by atoms with E-state index in [1.54, 1.807) is 11.8 Å². The van der Waals surface area contributed by atoms with E-state index in [2.05, 4.69) is 49.8 Å². The Bertz CT molecular complexity index is 321. The molecule has 19 heavy (non-hydrogen) atoms. The average Bonchev–Trinajstić information content (AvgIpc) is 2.47. The van der Waals surface area contributed by atoms with Gasteiger partial charge < -0.3 is 5.32 Å². The van der Waals surface area contributed by atoms with Gasteiger partial charge in [0.25, 0.3) is 0 Å². The Morgan fingerprint density at radius 2 is 1.63 bits per heavy atom. The molecular formula is C17H29NS. The Hall–Kier alpha value is -0.470. The third kappa shape index (κ3) is 6.49. The molecule has 0 aliphatic heterocycles. The van der Waals surface area contributed by atoms with Crippen LogP contribution in [0.3, 0.4) is 0 Å². The van der Waals surface area contributed by atoms with Crippen LogP contribution in [0.5, 0.6) is 0 Å². The smallest absolute Gasteiger partial charge is 0.0317 e. The predicted octanol–water partition coefficient (Wildman–Crippen LogP) is 5.42. The van der Waals surface area contributed by atoms with Crippen molar-refractivity contribution in [1.29, 1.82) is 0 Å². The quantitative estimate of drug-likeness (QED) is 0.453. The highest BCUT2D eigenvalue weighted by molar-refractivity contribution is 7.98. The van der Waals surface area contributed by atoms with Crippen molar-refractivity contribution in [1.82, 2.24) is 5.32 Å². The first-order valence-electron chi connectivity index (χ1n) is 7.63. The fourth-order valence-corrected chi connectivity index (χ4v) is 2.85. The summed E-state index contributed by atoms with van der Waals surface area (Å²) in [4.78, 5) is 1.35. The lowest BCUT2D eigenvalue weighted by molar-refractivity contribution is 0.498. The summed E-state index contributed by atoms with van der Waals surface area (Å²) < 4.78 is 0. The average molecular weight is 279 g/mol. The summed E-state index contributed by atoms with van der Waals surface area (Å²) in [7, 11) is 2.07. The van der Waals surface area contributed by atoms with Gasteiger partial charge in [0.2, 0.25) is 0 Å². The lowest BCUT2D eigenvalue weighted by Gasteiger charge is -2.17. The monoisotopic (exact) mass is 279 g/mol. The topological polar surface area (TPSA) is 12.0 Å². The molecule has 1 atom stereocenters. The molecule has 0 aliphatic carbocycles. The first kappa shape index (κ1) is 16.6. The number of thioether (sulfide) groups is 1. The number of hydrogen-bond donors (Lipinski definition) is 1. The van der Waals surface area contributed by atoms with Crippen molar-refractivity contribution in [3.05, 3.63) is 29.8 Å². The van der Waals surface area contributed by atoms with Gasteiger partial charge in [0.05, 0.1) is 0 Å². The summed E-state index contributed by atoms with van der Waals surface area (Å²) in [6, 6.07) is 9.51. The second kappa shape index (κ2) is 10.3. The molecule has 0 fully saturated rings. The summed E-state index contributed by atoms with van der Waals surface area (Å²) in [6.07, 6.45) is 11.6. The molecular weight excluding hydrogens is 250 g/mol. The van der Waals surface area contributed by atoms with E-state index in [9.17, 15) is 0 Å². The number of rotatable bonds is 10. The number of benzene rings is 1. The standard InChI is InChI=1S/C17H29NS/c1-4-5-6-7-8-9-10-17(18-2)15-11-13-16(19-3)14-12-15/h11-14,17-18H,4-10H2,1-3H3. The maximum atomic E-state index is 3.45. The van der Waals surface area contributed by atoms with Gasteiger partial charge in [-0.1, -0.05) is 57.6 Å². The van der Waals surface area contributed by atoms with Gasteiger partial charge in [-0.05, 0) is 37.4 Å². The normalized spacial score (nSPS) is 12.6. The second-order valence-corrected chi connectivity index (χ2v) is 6.05.